The standard InChI is InChI=1S/C16H20FN3/c1-11-9-14(10-18-16(2,3)4)20-15(19-11)12-5-7-13(17)8-6-12/h5-9,18H,10H2,1-4H3. The van der Waals surface area contributed by atoms with Crippen LogP contribution in [0.25, 0.3) is 11.4 Å². The lowest BCUT2D eigenvalue weighted by Gasteiger charge is -2.20. The van der Waals surface area contributed by atoms with Crippen molar-refractivity contribution >= 4 is 0 Å². The molecular formula is C16H20FN3. The number of hydrogen-bond donors (Lipinski definition) is 1. The van der Waals surface area contributed by atoms with Crippen molar-refractivity contribution in [1.29, 1.82) is 0 Å². The first-order chi connectivity index (χ1) is 9.33. The van der Waals surface area contributed by atoms with Gasteiger partial charge in [-0.25, -0.2) is 14.4 Å². The van der Waals surface area contributed by atoms with Crippen molar-refractivity contribution in [1.82, 2.24) is 15.3 Å². The van der Waals surface area contributed by atoms with Crippen LogP contribution < -0.4 is 5.32 Å². The van der Waals surface area contributed by atoms with Crippen LogP contribution >= 0.6 is 0 Å². The Morgan fingerprint density at radius 1 is 1.10 bits per heavy atom. The highest BCUT2D eigenvalue weighted by Crippen LogP contribution is 2.16. The van der Waals surface area contributed by atoms with Crippen LogP contribution in [0, 0.1) is 12.7 Å². The molecule has 2 rings (SSSR count). The van der Waals surface area contributed by atoms with Crippen LogP contribution in [-0.4, -0.2) is 15.5 Å². The highest BCUT2D eigenvalue weighted by atomic mass is 19.1. The normalized spacial score (nSPS) is 11.7. The van der Waals surface area contributed by atoms with Crippen molar-refractivity contribution in [3.05, 3.63) is 47.5 Å². The Labute approximate surface area is 119 Å². The number of nitrogens with zero attached hydrogens (tertiary/aromatic N) is 2. The molecule has 0 aliphatic heterocycles. The van der Waals surface area contributed by atoms with Gasteiger partial charge < -0.3 is 5.32 Å². The smallest absolute Gasteiger partial charge is 0.159 e. The molecule has 0 aliphatic carbocycles. The minimum Gasteiger partial charge on any atom is -0.306 e. The second-order valence-electron chi connectivity index (χ2n) is 5.93. The lowest BCUT2D eigenvalue weighted by atomic mass is 10.1. The molecule has 3 nitrogen and oxygen atoms in total. The Hall–Kier alpha value is -1.81. The summed E-state index contributed by atoms with van der Waals surface area (Å²) in [7, 11) is 0. The molecule has 0 spiro atoms. The van der Waals surface area contributed by atoms with Gasteiger partial charge in [0.05, 0.1) is 5.69 Å². The summed E-state index contributed by atoms with van der Waals surface area (Å²) in [5, 5.41) is 3.40. The van der Waals surface area contributed by atoms with E-state index in [4.69, 9.17) is 0 Å². The van der Waals surface area contributed by atoms with Crippen LogP contribution in [0.5, 0.6) is 0 Å². The van der Waals surface area contributed by atoms with Crippen molar-refractivity contribution in [2.45, 2.75) is 39.8 Å². The van der Waals surface area contributed by atoms with E-state index < -0.39 is 0 Å². The minimum absolute atomic E-state index is 0.0366. The van der Waals surface area contributed by atoms with Crippen molar-refractivity contribution in [3.8, 4) is 11.4 Å². The molecule has 20 heavy (non-hydrogen) atoms. The van der Waals surface area contributed by atoms with E-state index in [9.17, 15) is 4.39 Å². The Balaban J connectivity index is 2.26. The molecule has 1 heterocycles. The first-order valence-electron chi connectivity index (χ1n) is 6.69. The van der Waals surface area contributed by atoms with Gasteiger partial charge in [0.25, 0.3) is 0 Å². The third-order valence-electron chi connectivity index (χ3n) is 2.81. The topological polar surface area (TPSA) is 37.8 Å². The molecular weight excluding hydrogens is 253 g/mol. The molecule has 0 atom stereocenters. The van der Waals surface area contributed by atoms with Crippen LogP contribution in [0.1, 0.15) is 32.2 Å². The molecule has 0 radical (unpaired) electrons. The zero-order chi connectivity index (χ0) is 14.8. The highest BCUT2D eigenvalue weighted by Gasteiger charge is 2.10. The molecule has 0 fully saturated rings. The number of rotatable bonds is 3. The van der Waals surface area contributed by atoms with Crippen molar-refractivity contribution < 1.29 is 4.39 Å². The molecule has 1 aromatic carbocycles. The lowest BCUT2D eigenvalue weighted by Crippen LogP contribution is -2.35. The summed E-state index contributed by atoms with van der Waals surface area (Å²) >= 11 is 0. The van der Waals surface area contributed by atoms with Crippen molar-refractivity contribution in [2.24, 2.45) is 0 Å². The Morgan fingerprint density at radius 2 is 1.75 bits per heavy atom. The molecule has 1 N–H and O–H groups in total. The summed E-state index contributed by atoms with van der Waals surface area (Å²) in [6.07, 6.45) is 0. The molecule has 1 aromatic heterocycles. The molecule has 0 unspecified atom stereocenters. The second kappa shape index (κ2) is 5.67. The Morgan fingerprint density at radius 3 is 2.35 bits per heavy atom. The van der Waals surface area contributed by atoms with E-state index in [2.05, 4.69) is 36.1 Å². The van der Waals surface area contributed by atoms with Gasteiger partial charge in [0.2, 0.25) is 0 Å². The average molecular weight is 273 g/mol. The summed E-state index contributed by atoms with van der Waals surface area (Å²) in [6, 6.07) is 8.21. The van der Waals surface area contributed by atoms with E-state index in [1.165, 1.54) is 12.1 Å². The highest BCUT2D eigenvalue weighted by molar-refractivity contribution is 5.54. The third kappa shape index (κ3) is 4.10. The number of benzene rings is 1. The largest absolute Gasteiger partial charge is 0.306 e. The number of aromatic nitrogens is 2. The molecule has 0 saturated heterocycles. The van der Waals surface area contributed by atoms with Gasteiger partial charge in [0, 0.05) is 23.3 Å². The fourth-order valence-electron chi connectivity index (χ4n) is 1.81. The molecule has 2 aromatic rings. The molecule has 0 aliphatic rings. The fraction of sp³-hybridized carbons (Fsp3) is 0.375. The van der Waals surface area contributed by atoms with Crippen LogP contribution in [0.15, 0.2) is 30.3 Å². The predicted octanol–water partition coefficient (Wildman–Crippen LogP) is 3.48. The molecule has 0 amide bonds. The first kappa shape index (κ1) is 14.6. The predicted molar refractivity (Wildman–Crippen MR) is 78.8 cm³/mol. The van der Waals surface area contributed by atoms with Gasteiger partial charge in [-0.3, -0.25) is 0 Å². The van der Waals surface area contributed by atoms with E-state index in [-0.39, 0.29) is 11.4 Å². The number of hydrogen-bond acceptors (Lipinski definition) is 3. The van der Waals surface area contributed by atoms with Crippen LogP contribution in [0.4, 0.5) is 4.39 Å². The van der Waals surface area contributed by atoms with Crippen molar-refractivity contribution in [3.63, 3.8) is 0 Å². The second-order valence-corrected chi connectivity index (χ2v) is 5.93. The molecule has 0 bridgehead atoms. The van der Waals surface area contributed by atoms with Crippen LogP contribution in [0.3, 0.4) is 0 Å². The van der Waals surface area contributed by atoms with Crippen molar-refractivity contribution in [2.75, 3.05) is 0 Å². The van der Waals surface area contributed by atoms with Gasteiger partial charge in [-0.1, -0.05) is 0 Å². The maximum Gasteiger partial charge on any atom is 0.159 e. The quantitative estimate of drug-likeness (QED) is 0.930. The SMILES string of the molecule is Cc1cc(CNC(C)(C)C)nc(-c2ccc(F)cc2)n1. The lowest BCUT2D eigenvalue weighted by molar-refractivity contribution is 0.421. The fourth-order valence-corrected chi connectivity index (χ4v) is 1.81. The Bertz CT molecular complexity index is 586. The monoisotopic (exact) mass is 273 g/mol. The summed E-state index contributed by atoms with van der Waals surface area (Å²) < 4.78 is 13.0. The molecule has 106 valence electrons. The van der Waals surface area contributed by atoms with E-state index in [1.54, 1.807) is 12.1 Å². The van der Waals surface area contributed by atoms with Crippen LogP contribution in [-0.2, 0) is 6.54 Å². The Kier molecular flexibility index (Phi) is 4.14. The zero-order valence-electron chi connectivity index (χ0n) is 12.4. The van der Waals surface area contributed by atoms with Gasteiger partial charge >= 0.3 is 0 Å². The number of halogens is 1. The van der Waals surface area contributed by atoms with Gasteiger partial charge in [0.15, 0.2) is 5.82 Å². The van der Waals surface area contributed by atoms with Gasteiger partial charge in [-0.15, -0.1) is 0 Å². The maximum atomic E-state index is 13.0. The van der Waals surface area contributed by atoms with E-state index >= 15 is 0 Å². The third-order valence-corrected chi connectivity index (χ3v) is 2.81. The minimum atomic E-state index is -0.254. The van der Waals surface area contributed by atoms with Gasteiger partial charge in [-0.2, -0.15) is 0 Å². The zero-order valence-corrected chi connectivity index (χ0v) is 12.4. The average Bonchev–Trinajstić information content (AvgIpc) is 2.36. The van der Waals surface area contributed by atoms with Crippen LogP contribution in [0.2, 0.25) is 0 Å². The first-order valence-corrected chi connectivity index (χ1v) is 6.69. The maximum absolute atomic E-state index is 13.0. The van der Waals surface area contributed by atoms with Gasteiger partial charge in [-0.05, 0) is 58.0 Å². The van der Waals surface area contributed by atoms with E-state index in [1.807, 2.05) is 13.0 Å². The molecule has 4 heteroatoms. The summed E-state index contributed by atoms with van der Waals surface area (Å²) in [4.78, 5) is 8.96. The van der Waals surface area contributed by atoms with E-state index in [0.717, 1.165) is 17.0 Å². The summed E-state index contributed by atoms with van der Waals surface area (Å²) in [5.74, 6) is 0.381. The number of nitrogens with one attached hydrogen (secondary N) is 1. The number of aryl methyl sites for hydroxylation is 1. The summed E-state index contributed by atoms with van der Waals surface area (Å²) in [5.41, 5.74) is 2.71. The van der Waals surface area contributed by atoms with E-state index in [0.29, 0.717) is 12.4 Å². The molecule has 0 saturated carbocycles. The van der Waals surface area contributed by atoms with Gasteiger partial charge in [0.1, 0.15) is 5.82 Å². The summed E-state index contributed by atoms with van der Waals surface area (Å²) in [6.45, 7) is 8.96.